The van der Waals surface area contributed by atoms with Crippen molar-refractivity contribution >= 4 is 12.1 Å². The lowest BCUT2D eigenvalue weighted by Crippen LogP contribution is -2.18. The standard InChI is InChI=1S/C19H20F2N2O4/c1-12(2)26-16-9-8-13(10-17(16)25-3)18(24)23-22-11-14-6-4-5-7-15(14)27-19(20)21/h4-12,19H,1-3H3,(H,23,24)/b22-11+. The zero-order chi connectivity index (χ0) is 19.8. The van der Waals surface area contributed by atoms with Gasteiger partial charge in [-0.25, -0.2) is 5.43 Å². The second-order valence-corrected chi connectivity index (χ2v) is 5.65. The average Bonchev–Trinajstić information content (AvgIpc) is 2.62. The first-order valence-corrected chi connectivity index (χ1v) is 8.12. The number of nitrogens with zero attached hydrogens (tertiary/aromatic N) is 1. The maximum Gasteiger partial charge on any atom is 0.387 e. The smallest absolute Gasteiger partial charge is 0.387 e. The number of amides is 1. The summed E-state index contributed by atoms with van der Waals surface area (Å²) in [5.41, 5.74) is 2.94. The summed E-state index contributed by atoms with van der Waals surface area (Å²) >= 11 is 0. The Bertz CT molecular complexity index is 810. The summed E-state index contributed by atoms with van der Waals surface area (Å²) in [6, 6.07) is 10.8. The van der Waals surface area contributed by atoms with Crippen LogP contribution in [0.3, 0.4) is 0 Å². The van der Waals surface area contributed by atoms with Crippen molar-refractivity contribution in [2.75, 3.05) is 7.11 Å². The van der Waals surface area contributed by atoms with Crippen molar-refractivity contribution in [2.45, 2.75) is 26.6 Å². The fourth-order valence-electron chi connectivity index (χ4n) is 2.18. The minimum absolute atomic E-state index is 0.0395. The Morgan fingerprint density at radius 1 is 1.07 bits per heavy atom. The Labute approximate surface area is 155 Å². The molecule has 0 saturated carbocycles. The van der Waals surface area contributed by atoms with Gasteiger partial charge in [-0.1, -0.05) is 12.1 Å². The molecule has 6 nitrogen and oxygen atoms in total. The lowest BCUT2D eigenvalue weighted by Gasteiger charge is -2.14. The van der Waals surface area contributed by atoms with Gasteiger partial charge >= 0.3 is 6.61 Å². The fourth-order valence-corrected chi connectivity index (χ4v) is 2.18. The van der Waals surface area contributed by atoms with Crippen molar-refractivity contribution in [1.29, 1.82) is 0 Å². The summed E-state index contributed by atoms with van der Waals surface area (Å²) in [4.78, 5) is 12.2. The number of methoxy groups -OCH3 is 1. The number of hydrogen-bond donors (Lipinski definition) is 1. The number of benzene rings is 2. The van der Waals surface area contributed by atoms with E-state index in [1.54, 1.807) is 24.3 Å². The van der Waals surface area contributed by atoms with Gasteiger partial charge in [0.15, 0.2) is 11.5 Å². The normalized spacial score (nSPS) is 11.1. The van der Waals surface area contributed by atoms with Crippen LogP contribution in [0.15, 0.2) is 47.6 Å². The second kappa shape index (κ2) is 9.51. The second-order valence-electron chi connectivity index (χ2n) is 5.65. The molecule has 0 heterocycles. The fraction of sp³-hybridized carbons (Fsp3) is 0.263. The molecule has 0 aromatic heterocycles. The molecule has 2 rings (SSSR count). The molecule has 144 valence electrons. The van der Waals surface area contributed by atoms with Gasteiger partial charge in [-0.15, -0.1) is 0 Å². The molecule has 0 aliphatic carbocycles. The third-order valence-corrected chi connectivity index (χ3v) is 3.29. The molecule has 0 unspecified atom stereocenters. The number of carbonyl (C=O) groups excluding carboxylic acids is 1. The van der Waals surface area contributed by atoms with Gasteiger partial charge in [0.25, 0.3) is 5.91 Å². The summed E-state index contributed by atoms with van der Waals surface area (Å²) < 4.78 is 40.0. The van der Waals surface area contributed by atoms with Gasteiger partial charge in [-0.05, 0) is 44.2 Å². The van der Waals surface area contributed by atoms with E-state index in [0.29, 0.717) is 22.6 Å². The molecule has 0 spiro atoms. The Morgan fingerprint density at radius 3 is 2.48 bits per heavy atom. The summed E-state index contributed by atoms with van der Waals surface area (Å²) in [5.74, 6) is 0.400. The van der Waals surface area contributed by atoms with E-state index in [1.807, 2.05) is 13.8 Å². The van der Waals surface area contributed by atoms with E-state index in [4.69, 9.17) is 9.47 Å². The lowest BCUT2D eigenvalue weighted by atomic mass is 10.2. The minimum atomic E-state index is -2.95. The molecule has 0 fully saturated rings. The van der Waals surface area contributed by atoms with Crippen molar-refractivity contribution in [3.8, 4) is 17.2 Å². The molecule has 27 heavy (non-hydrogen) atoms. The van der Waals surface area contributed by atoms with Crippen LogP contribution in [0.1, 0.15) is 29.8 Å². The van der Waals surface area contributed by atoms with Gasteiger partial charge in [-0.3, -0.25) is 4.79 Å². The number of alkyl halides is 2. The summed E-state index contributed by atoms with van der Waals surface area (Å²) in [5, 5.41) is 3.79. The monoisotopic (exact) mass is 378 g/mol. The molecule has 0 radical (unpaired) electrons. The van der Waals surface area contributed by atoms with Crippen LogP contribution in [-0.2, 0) is 0 Å². The van der Waals surface area contributed by atoms with Crippen molar-refractivity contribution in [2.24, 2.45) is 5.10 Å². The number of ether oxygens (including phenoxy) is 3. The number of para-hydroxylation sites is 1. The van der Waals surface area contributed by atoms with Gasteiger partial charge in [0.05, 0.1) is 19.4 Å². The number of carbonyl (C=O) groups is 1. The van der Waals surface area contributed by atoms with Crippen LogP contribution < -0.4 is 19.6 Å². The number of hydrazone groups is 1. The van der Waals surface area contributed by atoms with E-state index in [0.717, 1.165) is 0 Å². The molecule has 8 heteroatoms. The number of hydrogen-bond acceptors (Lipinski definition) is 5. The molecule has 1 amide bonds. The third-order valence-electron chi connectivity index (χ3n) is 3.29. The van der Waals surface area contributed by atoms with E-state index >= 15 is 0 Å². The quantitative estimate of drug-likeness (QED) is 0.560. The van der Waals surface area contributed by atoms with E-state index in [9.17, 15) is 13.6 Å². The number of halogens is 2. The molecule has 0 aliphatic heterocycles. The average molecular weight is 378 g/mol. The first-order valence-electron chi connectivity index (χ1n) is 8.12. The van der Waals surface area contributed by atoms with Gasteiger partial charge in [0.2, 0.25) is 0 Å². The summed E-state index contributed by atoms with van der Waals surface area (Å²) in [6.45, 7) is 0.808. The summed E-state index contributed by atoms with van der Waals surface area (Å²) in [6.07, 6.45) is 1.18. The van der Waals surface area contributed by atoms with E-state index in [1.165, 1.54) is 31.5 Å². The number of nitrogens with one attached hydrogen (secondary N) is 1. The van der Waals surface area contributed by atoms with E-state index in [-0.39, 0.29) is 11.9 Å². The van der Waals surface area contributed by atoms with Crippen LogP contribution in [0.2, 0.25) is 0 Å². The van der Waals surface area contributed by atoms with Crippen LogP contribution in [0.5, 0.6) is 17.2 Å². The van der Waals surface area contributed by atoms with Crippen molar-refractivity contribution in [1.82, 2.24) is 5.43 Å². The van der Waals surface area contributed by atoms with Crippen LogP contribution in [0, 0.1) is 0 Å². The van der Waals surface area contributed by atoms with Crippen molar-refractivity contribution in [3.63, 3.8) is 0 Å². The van der Waals surface area contributed by atoms with Gasteiger partial charge < -0.3 is 14.2 Å². The molecule has 2 aromatic rings. The molecule has 1 N–H and O–H groups in total. The number of rotatable bonds is 8. The molecule has 0 aliphatic rings. The largest absolute Gasteiger partial charge is 0.493 e. The molecular formula is C19H20F2N2O4. The van der Waals surface area contributed by atoms with Crippen LogP contribution in [-0.4, -0.2) is 31.9 Å². The Morgan fingerprint density at radius 2 is 1.81 bits per heavy atom. The predicted molar refractivity (Wildman–Crippen MR) is 96.9 cm³/mol. The molecule has 0 saturated heterocycles. The van der Waals surface area contributed by atoms with Gasteiger partial charge in [-0.2, -0.15) is 13.9 Å². The zero-order valence-electron chi connectivity index (χ0n) is 15.1. The molecule has 0 atom stereocenters. The highest BCUT2D eigenvalue weighted by atomic mass is 19.3. The maximum absolute atomic E-state index is 12.4. The van der Waals surface area contributed by atoms with E-state index in [2.05, 4.69) is 15.3 Å². The molecule has 2 aromatic carbocycles. The highest BCUT2D eigenvalue weighted by Crippen LogP contribution is 2.29. The Hall–Kier alpha value is -3.16. The van der Waals surface area contributed by atoms with Crippen molar-refractivity contribution in [3.05, 3.63) is 53.6 Å². The third kappa shape index (κ3) is 5.95. The highest BCUT2D eigenvalue weighted by molar-refractivity contribution is 5.95. The molecular weight excluding hydrogens is 358 g/mol. The van der Waals surface area contributed by atoms with Gasteiger partial charge in [0.1, 0.15) is 5.75 Å². The predicted octanol–water partition coefficient (Wildman–Crippen LogP) is 3.85. The van der Waals surface area contributed by atoms with Crippen molar-refractivity contribution < 1.29 is 27.8 Å². The van der Waals surface area contributed by atoms with Crippen LogP contribution in [0.25, 0.3) is 0 Å². The van der Waals surface area contributed by atoms with E-state index < -0.39 is 12.5 Å². The lowest BCUT2D eigenvalue weighted by molar-refractivity contribution is -0.0499. The first-order chi connectivity index (χ1) is 12.9. The minimum Gasteiger partial charge on any atom is -0.493 e. The van der Waals surface area contributed by atoms with Gasteiger partial charge in [0, 0.05) is 11.1 Å². The first kappa shape index (κ1) is 20.2. The zero-order valence-corrected chi connectivity index (χ0v) is 15.1. The maximum atomic E-state index is 12.4. The van der Waals surface area contributed by atoms with Crippen LogP contribution >= 0.6 is 0 Å². The summed E-state index contributed by atoms with van der Waals surface area (Å²) in [7, 11) is 1.47. The topological polar surface area (TPSA) is 69.2 Å². The van der Waals surface area contributed by atoms with Crippen LogP contribution in [0.4, 0.5) is 8.78 Å². The highest BCUT2D eigenvalue weighted by Gasteiger charge is 2.12. The Kier molecular flexibility index (Phi) is 7.10. The SMILES string of the molecule is COc1cc(C(=O)N/N=C/c2ccccc2OC(F)F)ccc1OC(C)C. The Balaban J connectivity index is 2.09. The molecule has 0 bridgehead atoms.